The zero-order valence-electron chi connectivity index (χ0n) is 18.4. The molecule has 0 saturated carbocycles. The lowest BCUT2D eigenvalue weighted by molar-refractivity contribution is -0.123. The van der Waals surface area contributed by atoms with Gasteiger partial charge < -0.3 is 9.64 Å². The second kappa shape index (κ2) is 8.63. The van der Waals surface area contributed by atoms with Crippen molar-refractivity contribution in [1.29, 1.82) is 0 Å². The molecule has 4 rings (SSSR count). The second-order valence-corrected chi connectivity index (χ2v) is 10.4. The van der Waals surface area contributed by atoms with Gasteiger partial charge >= 0.3 is 0 Å². The topological polar surface area (TPSA) is 66.9 Å². The highest BCUT2D eigenvalue weighted by Gasteiger charge is 2.39. The summed E-state index contributed by atoms with van der Waals surface area (Å²) >= 11 is 0. The number of hydrogen-bond acceptors (Lipinski definition) is 4. The van der Waals surface area contributed by atoms with E-state index in [-0.39, 0.29) is 29.3 Å². The van der Waals surface area contributed by atoms with Crippen molar-refractivity contribution >= 4 is 21.6 Å². The van der Waals surface area contributed by atoms with Crippen molar-refractivity contribution in [3.8, 4) is 5.75 Å². The number of amides is 1. The van der Waals surface area contributed by atoms with Crippen molar-refractivity contribution in [1.82, 2.24) is 4.31 Å². The Hall–Kier alpha value is -2.38. The maximum atomic E-state index is 13.4. The number of carbonyl (C=O) groups is 1. The zero-order valence-corrected chi connectivity index (χ0v) is 19.2. The molecule has 2 aliphatic rings. The van der Waals surface area contributed by atoms with Crippen LogP contribution in [0.2, 0.25) is 0 Å². The molecule has 1 fully saturated rings. The molecule has 1 saturated heterocycles. The third-order valence-corrected chi connectivity index (χ3v) is 8.12. The van der Waals surface area contributed by atoms with Gasteiger partial charge in [-0.05, 0) is 75.4 Å². The van der Waals surface area contributed by atoms with Crippen LogP contribution in [0, 0.1) is 12.8 Å². The molecule has 2 aliphatic heterocycles. The van der Waals surface area contributed by atoms with Gasteiger partial charge in [0.05, 0.1) is 17.4 Å². The minimum absolute atomic E-state index is 0.0280. The van der Waals surface area contributed by atoms with Crippen molar-refractivity contribution in [2.45, 2.75) is 51.0 Å². The van der Waals surface area contributed by atoms with Gasteiger partial charge in [-0.1, -0.05) is 18.2 Å². The third-order valence-electron chi connectivity index (χ3n) is 6.26. The van der Waals surface area contributed by atoms with Crippen molar-refractivity contribution < 1.29 is 17.9 Å². The van der Waals surface area contributed by atoms with Crippen LogP contribution in [-0.4, -0.2) is 44.4 Å². The summed E-state index contributed by atoms with van der Waals surface area (Å²) in [5, 5.41) is 0. The highest BCUT2D eigenvalue weighted by atomic mass is 32.2. The lowest BCUT2D eigenvalue weighted by Crippen LogP contribution is -2.48. The van der Waals surface area contributed by atoms with E-state index in [0.717, 1.165) is 17.7 Å². The number of anilines is 1. The second-order valence-electron chi connectivity index (χ2n) is 8.45. The number of sulfonamides is 1. The Kier molecular flexibility index (Phi) is 6.08. The molecule has 0 radical (unpaired) electrons. The number of hydrogen-bond donors (Lipinski definition) is 0. The summed E-state index contributed by atoms with van der Waals surface area (Å²) in [5.41, 5.74) is 2.92. The number of piperidine rings is 1. The number of rotatable bonds is 5. The molecule has 2 aromatic rings. The van der Waals surface area contributed by atoms with Crippen LogP contribution in [0.25, 0.3) is 0 Å². The van der Waals surface area contributed by atoms with E-state index in [1.807, 2.05) is 36.9 Å². The van der Waals surface area contributed by atoms with E-state index in [4.69, 9.17) is 4.74 Å². The van der Waals surface area contributed by atoms with Crippen LogP contribution in [0.3, 0.4) is 0 Å². The number of carbonyl (C=O) groups excluding carboxylic acids is 1. The van der Waals surface area contributed by atoms with Gasteiger partial charge in [0.1, 0.15) is 5.75 Å². The number of aryl methyl sites for hydroxylation is 1. The van der Waals surface area contributed by atoms with Crippen molar-refractivity contribution in [2.24, 2.45) is 5.92 Å². The van der Waals surface area contributed by atoms with Gasteiger partial charge in [-0.15, -0.1) is 0 Å². The van der Waals surface area contributed by atoms with E-state index in [9.17, 15) is 13.2 Å². The molecular weight excluding hydrogens is 412 g/mol. The van der Waals surface area contributed by atoms with Gasteiger partial charge in [0.25, 0.3) is 0 Å². The van der Waals surface area contributed by atoms with Gasteiger partial charge in [0.15, 0.2) is 0 Å². The zero-order chi connectivity index (χ0) is 22.2. The fourth-order valence-corrected chi connectivity index (χ4v) is 6.32. The molecule has 0 N–H and O–H groups in total. The molecule has 7 heteroatoms. The average Bonchev–Trinajstić information content (AvgIpc) is 3.10. The van der Waals surface area contributed by atoms with Gasteiger partial charge in [0, 0.05) is 24.8 Å². The van der Waals surface area contributed by atoms with Crippen LogP contribution >= 0.6 is 0 Å². The Morgan fingerprint density at radius 3 is 2.71 bits per heavy atom. The predicted molar refractivity (Wildman–Crippen MR) is 121 cm³/mol. The van der Waals surface area contributed by atoms with E-state index in [0.29, 0.717) is 31.7 Å². The van der Waals surface area contributed by atoms with Crippen molar-refractivity contribution in [3.05, 3.63) is 53.6 Å². The number of fused-ring (bicyclic) bond motifs is 1. The molecule has 0 unspecified atom stereocenters. The molecule has 2 atom stereocenters. The van der Waals surface area contributed by atoms with Gasteiger partial charge in [-0.2, -0.15) is 4.31 Å². The molecular formula is C24H30N2O4S. The predicted octanol–water partition coefficient (Wildman–Crippen LogP) is 3.77. The first kappa shape index (κ1) is 21.8. The van der Waals surface area contributed by atoms with Crippen LogP contribution in [-0.2, 0) is 21.2 Å². The Morgan fingerprint density at radius 2 is 1.97 bits per heavy atom. The van der Waals surface area contributed by atoms with E-state index in [1.165, 1.54) is 9.87 Å². The summed E-state index contributed by atoms with van der Waals surface area (Å²) in [7, 11) is -3.67. The lowest BCUT2D eigenvalue weighted by Gasteiger charge is -2.34. The average molecular weight is 443 g/mol. The molecule has 0 aliphatic carbocycles. The first-order valence-corrected chi connectivity index (χ1v) is 12.4. The van der Waals surface area contributed by atoms with Crippen molar-refractivity contribution in [3.63, 3.8) is 0 Å². The normalized spacial score (nSPS) is 21.7. The fourth-order valence-electron chi connectivity index (χ4n) is 4.71. The molecule has 166 valence electrons. The van der Waals surface area contributed by atoms with Gasteiger partial charge in [-0.25, -0.2) is 8.42 Å². The maximum Gasteiger partial charge on any atom is 0.243 e. The molecule has 1 amide bonds. The largest absolute Gasteiger partial charge is 0.494 e. The molecule has 2 aromatic carbocycles. The summed E-state index contributed by atoms with van der Waals surface area (Å²) in [4.78, 5) is 15.6. The molecule has 31 heavy (non-hydrogen) atoms. The van der Waals surface area contributed by atoms with E-state index in [1.54, 1.807) is 18.2 Å². The van der Waals surface area contributed by atoms with Crippen molar-refractivity contribution in [2.75, 3.05) is 24.6 Å². The number of para-hydroxylation sites is 1. The Labute approximate surface area is 184 Å². The number of ether oxygens (including phenoxy) is 1. The lowest BCUT2D eigenvalue weighted by atomic mass is 9.97. The van der Waals surface area contributed by atoms with Gasteiger partial charge in [0.2, 0.25) is 15.9 Å². The van der Waals surface area contributed by atoms with Crippen LogP contribution in [0.15, 0.2) is 47.4 Å². The molecule has 0 bridgehead atoms. The SMILES string of the molecule is CCOc1ccc(S(=O)(=O)N2CCC[C@H](C(=O)N3c4ccccc4C[C@H]3C)C2)cc1C. The fraction of sp³-hybridized carbons (Fsp3) is 0.458. The van der Waals surface area contributed by atoms with Crippen LogP contribution < -0.4 is 9.64 Å². The van der Waals surface area contributed by atoms with E-state index >= 15 is 0 Å². The maximum absolute atomic E-state index is 13.4. The summed E-state index contributed by atoms with van der Waals surface area (Å²) in [6.07, 6.45) is 2.22. The van der Waals surface area contributed by atoms with Crippen LogP contribution in [0.4, 0.5) is 5.69 Å². The standard InChI is InChI=1S/C24H30N2O4S/c1-4-30-23-12-11-21(14-17(23)2)31(28,29)25-13-7-9-20(16-25)24(27)26-18(3)15-19-8-5-6-10-22(19)26/h5-6,8,10-12,14,18,20H,4,7,9,13,15-16H2,1-3H3/t18-,20+/m1/s1. The highest BCUT2D eigenvalue weighted by molar-refractivity contribution is 7.89. The summed E-state index contributed by atoms with van der Waals surface area (Å²) in [6, 6.07) is 13.0. The monoisotopic (exact) mass is 442 g/mol. The van der Waals surface area contributed by atoms with Crippen LogP contribution in [0.1, 0.15) is 37.8 Å². The summed E-state index contributed by atoms with van der Waals surface area (Å²) < 4.78 is 33.7. The summed E-state index contributed by atoms with van der Waals surface area (Å²) in [5.74, 6) is 0.385. The first-order chi connectivity index (χ1) is 14.8. The highest BCUT2D eigenvalue weighted by Crippen LogP contribution is 2.35. The minimum Gasteiger partial charge on any atom is -0.494 e. The van der Waals surface area contributed by atoms with Gasteiger partial charge in [-0.3, -0.25) is 4.79 Å². The molecule has 0 aromatic heterocycles. The molecule has 6 nitrogen and oxygen atoms in total. The minimum atomic E-state index is -3.67. The Bertz CT molecular complexity index is 1080. The third kappa shape index (κ3) is 4.08. The molecule has 2 heterocycles. The smallest absolute Gasteiger partial charge is 0.243 e. The Morgan fingerprint density at radius 1 is 1.19 bits per heavy atom. The quantitative estimate of drug-likeness (QED) is 0.707. The van der Waals surface area contributed by atoms with E-state index in [2.05, 4.69) is 13.0 Å². The summed E-state index contributed by atoms with van der Waals surface area (Å²) in [6.45, 7) is 6.98. The van der Waals surface area contributed by atoms with E-state index < -0.39 is 10.0 Å². The Balaban J connectivity index is 1.54. The first-order valence-electron chi connectivity index (χ1n) is 11.0. The van der Waals surface area contributed by atoms with Crippen LogP contribution in [0.5, 0.6) is 5.75 Å². The number of benzene rings is 2. The number of nitrogens with zero attached hydrogens (tertiary/aromatic N) is 2. The molecule has 0 spiro atoms.